The zero-order chi connectivity index (χ0) is 15.2. The van der Waals surface area contributed by atoms with Gasteiger partial charge < -0.3 is 10.0 Å². The maximum atomic E-state index is 10.4. The van der Waals surface area contributed by atoms with E-state index in [0.29, 0.717) is 0 Å². The molecule has 0 aliphatic carbocycles. The zero-order valence-electron chi connectivity index (χ0n) is 13.3. The molecule has 0 amide bonds. The minimum Gasteiger partial charge on any atom is -0.388 e. The molecule has 0 radical (unpaired) electrons. The normalized spacial score (nSPS) is 22.2. The van der Waals surface area contributed by atoms with Crippen LogP contribution in [0.4, 0.5) is 0 Å². The Hall–Kier alpha value is -0.380. The molecule has 1 saturated heterocycles. The van der Waals surface area contributed by atoms with E-state index in [0.717, 1.165) is 34.8 Å². The van der Waals surface area contributed by atoms with Crippen LogP contribution in [0.25, 0.3) is 0 Å². The van der Waals surface area contributed by atoms with E-state index in [-0.39, 0.29) is 6.10 Å². The molecule has 0 saturated carbocycles. The molecule has 1 fully saturated rings. The van der Waals surface area contributed by atoms with Crippen LogP contribution in [0, 0.1) is 11.8 Å². The monoisotopic (exact) mass is 353 g/mol. The maximum Gasteiger partial charge on any atom is 0.0813 e. The summed E-state index contributed by atoms with van der Waals surface area (Å²) in [5.74, 6) is 1.68. The molecule has 0 bridgehead atoms. The summed E-state index contributed by atoms with van der Waals surface area (Å²) >= 11 is 3.53. The van der Waals surface area contributed by atoms with Crippen LogP contribution in [0.2, 0.25) is 0 Å². The third-order valence-corrected chi connectivity index (χ3v) is 5.51. The predicted octanol–water partition coefficient (Wildman–Crippen LogP) is 4.63. The zero-order valence-corrected chi connectivity index (χ0v) is 14.8. The Balaban J connectivity index is 1.82. The van der Waals surface area contributed by atoms with Gasteiger partial charge in [-0.3, -0.25) is 0 Å². The standard InChI is InChI=1S/C18H28BrNO/c1-14(2)15-6-5-11-20(12-9-15)13-10-18(21)16-7-3-4-8-17(16)19/h3-4,7-8,14-15,18,21H,5-6,9-13H2,1-2H3. The third kappa shape index (κ3) is 5.08. The molecule has 1 N–H and O–H groups in total. The van der Waals surface area contributed by atoms with Gasteiger partial charge in [0.25, 0.3) is 0 Å². The molecular formula is C18H28BrNO. The van der Waals surface area contributed by atoms with Crippen LogP contribution in [0.1, 0.15) is 51.2 Å². The Kier molecular flexibility index (Phi) is 6.72. The largest absolute Gasteiger partial charge is 0.388 e. The van der Waals surface area contributed by atoms with E-state index in [1.807, 2.05) is 24.3 Å². The molecule has 1 aromatic rings. The highest BCUT2D eigenvalue weighted by Crippen LogP contribution is 2.27. The second-order valence-corrected chi connectivity index (χ2v) is 7.46. The molecule has 0 aromatic heterocycles. The smallest absolute Gasteiger partial charge is 0.0813 e. The topological polar surface area (TPSA) is 23.5 Å². The van der Waals surface area contributed by atoms with Gasteiger partial charge in [-0.2, -0.15) is 0 Å². The summed E-state index contributed by atoms with van der Waals surface area (Å²) in [6.07, 6.45) is 4.41. The molecule has 2 atom stereocenters. The van der Waals surface area contributed by atoms with Crippen molar-refractivity contribution in [2.24, 2.45) is 11.8 Å². The first-order valence-corrected chi connectivity index (χ1v) is 9.02. The van der Waals surface area contributed by atoms with Gasteiger partial charge in [0.1, 0.15) is 0 Å². The van der Waals surface area contributed by atoms with Gasteiger partial charge in [-0.25, -0.2) is 0 Å². The number of benzene rings is 1. The van der Waals surface area contributed by atoms with Crippen molar-refractivity contribution in [3.05, 3.63) is 34.3 Å². The summed E-state index contributed by atoms with van der Waals surface area (Å²) in [6, 6.07) is 7.98. The van der Waals surface area contributed by atoms with E-state index in [2.05, 4.69) is 34.7 Å². The summed E-state index contributed by atoms with van der Waals surface area (Å²) in [4.78, 5) is 2.53. The molecule has 2 nitrogen and oxygen atoms in total. The summed E-state index contributed by atoms with van der Waals surface area (Å²) in [5, 5.41) is 10.4. The van der Waals surface area contributed by atoms with Crippen LogP contribution < -0.4 is 0 Å². The molecular weight excluding hydrogens is 326 g/mol. The van der Waals surface area contributed by atoms with Crippen LogP contribution in [-0.4, -0.2) is 29.6 Å². The van der Waals surface area contributed by atoms with Gasteiger partial charge >= 0.3 is 0 Å². The molecule has 1 heterocycles. The third-order valence-electron chi connectivity index (χ3n) is 4.79. The predicted molar refractivity (Wildman–Crippen MR) is 92.3 cm³/mol. The second-order valence-electron chi connectivity index (χ2n) is 6.60. The lowest BCUT2D eigenvalue weighted by molar-refractivity contribution is 0.141. The number of halogens is 1. The summed E-state index contributed by atoms with van der Waals surface area (Å²) < 4.78 is 1.01. The lowest BCUT2D eigenvalue weighted by Gasteiger charge is -2.23. The highest BCUT2D eigenvalue weighted by Gasteiger charge is 2.20. The average Bonchev–Trinajstić information content (AvgIpc) is 2.71. The summed E-state index contributed by atoms with van der Waals surface area (Å²) in [6.45, 7) is 8.05. The van der Waals surface area contributed by atoms with Crippen molar-refractivity contribution < 1.29 is 5.11 Å². The van der Waals surface area contributed by atoms with Crippen LogP contribution in [0.5, 0.6) is 0 Å². The fourth-order valence-electron chi connectivity index (χ4n) is 3.28. The second kappa shape index (κ2) is 8.30. The highest BCUT2D eigenvalue weighted by molar-refractivity contribution is 9.10. The number of likely N-dealkylation sites (tertiary alicyclic amines) is 1. The van der Waals surface area contributed by atoms with E-state index in [1.165, 1.54) is 32.4 Å². The van der Waals surface area contributed by atoms with Gasteiger partial charge in [0, 0.05) is 11.0 Å². The van der Waals surface area contributed by atoms with Crippen LogP contribution in [0.15, 0.2) is 28.7 Å². The van der Waals surface area contributed by atoms with Crippen molar-refractivity contribution in [1.82, 2.24) is 4.90 Å². The molecule has 21 heavy (non-hydrogen) atoms. The van der Waals surface area contributed by atoms with Gasteiger partial charge in [-0.15, -0.1) is 0 Å². The first kappa shape index (κ1) is 17.0. The van der Waals surface area contributed by atoms with Gasteiger partial charge in [-0.1, -0.05) is 48.0 Å². The number of nitrogens with zero attached hydrogens (tertiary/aromatic N) is 1. The molecule has 2 unspecified atom stereocenters. The van der Waals surface area contributed by atoms with Crippen molar-refractivity contribution >= 4 is 15.9 Å². The summed E-state index contributed by atoms with van der Waals surface area (Å²) in [7, 11) is 0. The first-order chi connectivity index (χ1) is 10.1. The average molecular weight is 354 g/mol. The van der Waals surface area contributed by atoms with Crippen molar-refractivity contribution in [2.45, 2.75) is 45.6 Å². The van der Waals surface area contributed by atoms with Crippen LogP contribution >= 0.6 is 15.9 Å². The minimum atomic E-state index is -0.371. The Morgan fingerprint density at radius 1 is 1.24 bits per heavy atom. The lowest BCUT2D eigenvalue weighted by atomic mass is 9.89. The van der Waals surface area contributed by atoms with E-state index in [1.54, 1.807) is 0 Å². The number of aliphatic hydroxyl groups excluding tert-OH is 1. The van der Waals surface area contributed by atoms with Crippen LogP contribution in [-0.2, 0) is 0 Å². The van der Waals surface area contributed by atoms with Crippen molar-refractivity contribution in [1.29, 1.82) is 0 Å². The molecule has 0 spiro atoms. The quantitative estimate of drug-likeness (QED) is 0.833. The van der Waals surface area contributed by atoms with Crippen molar-refractivity contribution in [3.63, 3.8) is 0 Å². The molecule has 118 valence electrons. The Morgan fingerprint density at radius 2 is 2.00 bits per heavy atom. The summed E-state index contributed by atoms with van der Waals surface area (Å²) in [5.41, 5.74) is 1.01. The minimum absolute atomic E-state index is 0.371. The van der Waals surface area contributed by atoms with E-state index in [9.17, 15) is 5.11 Å². The van der Waals surface area contributed by atoms with Crippen LogP contribution in [0.3, 0.4) is 0 Å². The van der Waals surface area contributed by atoms with Gasteiger partial charge in [0.15, 0.2) is 0 Å². The van der Waals surface area contributed by atoms with Gasteiger partial charge in [0.05, 0.1) is 6.10 Å². The number of hydrogen-bond acceptors (Lipinski definition) is 2. The van der Waals surface area contributed by atoms with E-state index >= 15 is 0 Å². The molecule has 1 aliphatic heterocycles. The molecule has 1 aliphatic rings. The Bertz CT molecular complexity index is 435. The number of rotatable bonds is 5. The first-order valence-electron chi connectivity index (χ1n) is 8.22. The number of hydrogen-bond donors (Lipinski definition) is 1. The Labute approximate surface area is 137 Å². The Morgan fingerprint density at radius 3 is 2.71 bits per heavy atom. The molecule has 1 aromatic carbocycles. The van der Waals surface area contributed by atoms with Crippen molar-refractivity contribution in [2.75, 3.05) is 19.6 Å². The highest BCUT2D eigenvalue weighted by atomic mass is 79.9. The maximum absolute atomic E-state index is 10.4. The number of aliphatic hydroxyl groups is 1. The fourth-order valence-corrected chi connectivity index (χ4v) is 3.83. The molecule has 3 heteroatoms. The SMILES string of the molecule is CC(C)C1CCCN(CCC(O)c2ccccc2Br)CC1. The van der Waals surface area contributed by atoms with Gasteiger partial charge in [0.2, 0.25) is 0 Å². The lowest BCUT2D eigenvalue weighted by Crippen LogP contribution is -2.27. The molecule has 2 rings (SSSR count). The van der Waals surface area contributed by atoms with E-state index in [4.69, 9.17) is 0 Å². The fraction of sp³-hybridized carbons (Fsp3) is 0.667. The van der Waals surface area contributed by atoms with Gasteiger partial charge in [-0.05, 0) is 62.2 Å². The van der Waals surface area contributed by atoms with E-state index < -0.39 is 0 Å². The van der Waals surface area contributed by atoms with Crippen molar-refractivity contribution in [3.8, 4) is 0 Å².